The Bertz CT molecular complexity index is 669. The first-order valence-corrected chi connectivity index (χ1v) is 7.47. The van der Waals surface area contributed by atoms with Gasteiger partial charge in [0.15, 0.2) is 0 Å². The van der Waals surface area contributed by atoms with Crippen LogP contribution in [-0.4, -0.2) is 21.1 Å². The van der Waals surface area contributed by atoms with E-state index in [1.807, 2.05) is 25.4 Å². The summed E-state index contributed by atoms with van der Waals surface area (Å²) in [6.07, 6.45) is 10.4. The van der Waals surface area contributed by atoms with Crippen molar-refractivity contribution >= 4 is 11.5 Å². The number of nitrogens with two attached hydrogens (primary N) is 1. The van der Waals surface area contributed by atoms with E-state index >= 15 is 0 Å². The fourth-order valence-electron chi connectivity index (χ4n) is 2.91. The molecule has 2 aromatic heterocycles. The monoisotopic (exact) mass is 296 g/mol. The molecule has 2 N–H and O–H groups in total. The summed E-state index contributed by atoms with van der Waals surface area (Å²) in [6, 6.07) is 1.94. The maximum atomic E-state index is 6.15. The third kappa shape index (κ3) is 3.08. The molecule has 22 heavy (non-hydrogen) atoms. The molecule has 0 radical (unpaired) electrons. The first-order chi connectivity index (χ1) is 10.6. The highest BCUT2D eigenvalue weighted by Crippen LogP contribution is 2.37. The standard InChI is InChI=1S/C17H20N4O/c1-11(2)15-5-6-19-10-16(15)22-14-4-3-12(7-14)13-8-20-17(18)21-9-13/h5-6,8-10,12,14H,1,3-4,7H2,2H3,(H2,18,20,21)/t12-,14+/m1/s1. The number of nitrogen functional groups attached to an aromatic ring is 1. The predicted molar refractivity (Wildman–Crippen MR) is 86.4 cm³/mol. The average molecular weight is 296 g/mol. The molecule has 1 aliphatic rings. The summed E-state index contributed by atoms with van der Waals surface area (Å²) in [7, 11) is 0. The van der Waals surface area contributed by atoms with Gasteiger partial charge in [0.1, 0.15) is 5.75 Å². The van der Waals surface area contributed by atoms with E-state index in [-0.39, 0.29) is 6.10 Å². The highest BCUT2D eigenvalue weighted by atomic mass is 16.5. The molecule has 0 aliphatic heterocycles. The molecule has 0 unspecified atom stereocenters. The lowest BCUT2D eigenvalue weighted by atomic mass is 10.0. The van der Waals surface area contributed by atoms with Crippen LogP contribution in [0, 0.1) is 0 Å². The van der Waals surface area contributed by atoms with Crippen LogP contribution in [0.1, 0.15) is 43.2 Å². The van der Waals surface area contributed by atoms with E-state index in [1.165, 1.54) is 0 Å². The van der Waals surface area contributed by atoms with E-state index < -0.39 is 0 Å². The van der Waals surface area contributed by atoms with Gasteiger partial charge >= 0.3 is 0 Å². The van der Waals surface area contributed by atoms with Gasteiger partial charge in [0, 0.05) is 24.2 Å². The van der Waals surface area contributed by atoms with Crippen LogP contribution in [0.5, 0.6) is 5.75 Å². The predicted octanol–water partition coefficient (Wildman–Crippen LogP) is 3.20. The molecule has 0 aromatic carbocycles. The van der Waals surface area contributed by atoms with Gasteiger partial charge in [0.05, 0.1) is 12.3 Å². The van der Waals surface area contributed by atoms with E-state index in [0.717, 1.165) is 41.7 Å². The lowest BCUT2D eigenvalue weighted by Gasteiger charge is -2.16. The van der Waals surface area contributed by atoms with Crippen LogP contribution in [-0.2, 0) is 0 Å². The number of rotatable bonds is 4. The van der Waals surface area contributed by atoms with E-state index in [9.17, 15) is 0 Å². The maximum Gasteiger partial charge on any atom is 0.219 e. The highest BCUT2D eigenvalue weighted by Gasteiger charge is 2.28. The maximum absolute atomic E-state index is 6.15. The molecular weight excluding hydrogens is 276 g/mol. The fraction of sp³-hybridized carbons (Fsp3) is 0.353. The molecule has 1 aliphatic carbocycles. The zero-order chi connectivity index (χ0) is 15.5. The number of ether oxygens (including phenoxy) is 1. The molecule has 0 amide bonds. The third-order valence-electron chi connectivity index (χ3n) is 4.09. The molecule has 1 saturated carbocycles. The Kier molecular flexibility index (Phi) is 4.04. The van der Waals surface area contributed by atoms with E-state index in [0.29, 0.717) is 11.9 Å². The minimum absolute atomic E-state index is 0.185. The lowest BCUT2D eigenvalue weighted by Crippen LogP contribution is -2.13. The summed E-state index contributed by atoms with van der Waals surface area (Å²) in [5, 5.41) is 0. The number of pyridine rings is 1. The minimum Gasteiger partial charge on any atom is -0.488 e. The van der Waals surface area contributed by atoms with Crippen LogP contribution in [0.3, 0.4) is 0 Å². The molecule has 2 heterocycles. The number of allylic oxidation sites excluding steroid dienone is 1. The molecule has 1 fully saturated rings. The molecule has 2 aromatic rings. The Morgan fingerprint density at radius 2 is 2.05 bits per heavy atom. The summed E-state index contributed by atoms with van der Waals surface area (Å²) in [4.78, 5) is 12.3. The average Bonchev–Trinajstić information content (AvgIpc) is 2.97. The van der Waals surface area contributed by atoms with Gasteiger partial charge in [-0.3, -0.25) is 4.98 Å². The van der Waals surface area contributed by atoms with E-state index in [2.05, 4.69) is 21.5 Å². The van der Waals surface area contributed by atoms with Gasteiger partial charge < -0.3 is 10.5 Å². The van der Waals surface area contributed by atoms with Crippen LogP contribution in [0.25, 0.3) is 5.57 Å². The molecule has 0 bridgehead atoms. The van der Waals surface area contributed by atoms with Crippen molar-refractivity contribution in [1.82, 2.24) is 15.0 Å². The van der Waals surface area contributed by atoms with Crippen LogP contribution in [0.2, 0.25) is 0 Å². The summed E-state index contributed by atoms with van der Waals surface area (Å²) in [5.74, 6) is 1.56. The Morgan fingerprint density at radius 1 is 1.27 bits per heavy atom. The minimum atomic E-state index is 0.185. The van der Waals surface area contributed by atoms with Crippen molar-refractivity contribution in [3.05, 3.63) is 48.6 Å². The van der Waals surface area contributed by atoms with Crippen molar-refractivity contribution in [2.45, 2.75) is 38.2 Å². The number of hydrogen-bond donors (Lipinski definition) is 1. The normalized spacial score (nSPS) is 20.8. The van der Waals surface area contributed by atoms with Gasteiger partial charge in [0.2, 0.25) is 5.95 Å². The van der Waals surface area contributed by atoms with Crippen molar-refractivity contribution in [2.24, 2.45) is 0 Å². The van der Waals surface area contributed by atoms with Crippen LogP contribution in [0.4, 0.5) is 5.95 Å². The van der Waals surface area contributed by atoms with Gasteiger partial charge in [-0.05, 0) is 49.3 Å². The van der Waals surface area contributed by atoms with Gasteiger partial charge in [-0.15, -0.1) is 0 Å². The third-order valence-corrected chi connectivity index (χ3v) is 4.09. The van der Waals surface area contributed by atoms with Crippen LogP contribution in [0.15, 0.2) is 37.4 Å². The summed E-state index contributed by atoms with van der Waals surface area (Å²) >= 11 is 0. The summed E-state index contributed by atoms with van der Waals surface area (Å²) in [6.45, 7) is 5.97. The second-order valence-electron chi connectivity index (χ2n) is 5.78. The largest absolute Gasteiger partial charge is 0.488 e. The van der Waals surface area contributed by atoms with Crippen molar-refractivity contribution in [3.8, 4) is 5.75 Å². The second kappa shape index (κ2) is 6.13. The van der Waals surface area contributed by atoms with Crippen LogP contribution < -0.4 is 10.5 Å². The smallest absolute Gasteiger partial charge is 0.219 e. The summed E-state index contributed by atoms with van der Waals surface area (Å²) in [5.41, 5.74) is 8.68. The number of anilines is 1. The number of hydrogen-bond acceptors (Lipinski definition) is 5. The summed E-state index contributed by atoms with van der Waals surface area (Å²) < 4.78 is 6.15. The second-order valence-corrected chi connectivity index (χ2v) is 5.78. The van der Waals surface area contributed by atoms with Crippen molar-refractivity contribution in [2.75, 3.05) is 5.73 Å². The van der Waals surface area contributed by atoms with Gasteiger partial charge in [-0.1, -0.05) is 6.58 Å². The molecule has 3 rings (SSSR count). The fourth-order valence-corrected chi connectivity index (χ4v) is 2.91. The molecule has 0 spiro atoms. The molecule has 2 atom stereocenters. The molecule has 0 saturated heterocycles. The zero-order valence-electron chi connectivity index (χ0n) is 12.7. The highest BCUT2D eigenvalue weighted by molar-refractivity contribution is 5.66. The molecule has 5 nitrogen and oxygen atoms in total. The van der Waals surface area contributed by atoms with E-state index in [1.54, 1.807) is 12.4 Å². The Hall–Kier alpha value is -2.43. The lowest BCUT2D eigenvalue weighted by molar-refractivity contribution is 0.206. The Morgan fingerprint density at radius 3 is 2.77 bits per heavy atom. The first-order valence-electron chi connectivity index (χ1n) is 7.47. The van der Waals surface area contributed by atoms with Gasteiger partial charge in [-0.2, -0.15) is 0 Å². The topological polar surface area (TPSA) is 73.9 Å². The van der Waals surface area contributed by atoms with Crippen LogP contribution >= 0.6 is 0 Å². The zero-order valence-corrected chi connectivity index (χ0v) is 12.7. The molecule has 5 heteroatoms. The molecular formula is C17H20N4O. The first kappa shape index (κ1) is 14.5. The quantitative estimate of drug-likeness (QED) is 0.937. The molecule has 114 valence electrons. The van der Waals surface area contributed by atoms with E-state index in [4.69, 9.17) is 10.5 Å². The Labute approximate surface area is 130 Å². The van der Waals surface area contributed by atoms with Crippen molar-refractivity contribution in [1.29, 1.82) is 0 Å². The van der Waals surface area contributed by atoms with Gasteiger partial charge in [-0.25, -0.2) is 9.97 Å². The van der Waals surface area contributed by atoms with Crippen molar-refractivity contribution in [3.63, 3.8) is 0 Å². The number of aromatic nitrogens is 3. The van der Waals surface area contributed by atoms with Crippen molar-refractivity contribution < 1.29 is 4.74 Å². The SMILES string of the molecule is C=C(C)c1ccncc1O[C@H]1CC[C@@H](c2cnc(N)nc2)C1. The Balaban J connectivity index is 1.69. The van der Waals surface area contributed by atoms with Gasteiger partial charge in [0.25, 0.3) is 0 Å². The number of nitrogens with zero attached hydrogens (tertiary/aromatic N) is 3.